The molecule has 0 atom stereocenters. The van der Waals surface area contributed by atoms with Crippen LogP contribution in [0.3, 0.4) is 0 Å². The molecular formula is C12H21N5O. The summed E-state index contributed by atoms with van der Waals surface area (Å²) in [6, 6.07) is 0. The quantitative estimate of drug-likeness (QED) is 0.808. The summed E-state index contributed by atoms with van der Waals surface area (Å²) in [7, 11) is 0. The van der Waals surface area contributed by atoms with Gasteiger partial charge in [-0.05, 0) is 31.8 Å². The van der Waals surface area contributed by atoms with Crippen LogP contribution in [0.5, 0.6) is 0 Å². The molecule has 0 aliphatic carbocycles. The van der Waals surface area contributed by atoms with Gasteiger partial charge in [0.15, 0.2) is 0 Å². The lowest BCUT2D eigenvalue weighted by Gasteiger charge is -2.31. The Kier molecular flexibility index (Phi) is 4.69. The zero-order valence-corrected chi connectivity index (χ0v) is 10.9. The van der Waals surface area contributed by atoms with Crippen LogP contribution in [0.15, 0.2) is 12.7 Å². The number of carbonyl (C=O) groups is 1. The van der Waals surface area contributed by atoms with E-state index in [2.05, 4.69) is 20.4 Å². The van der Waals surface area contributed by atoms with Gasteiger partial charge in [-0.3, -0.25) is 4.79 Å². The summed E-state index contributed by atoms with van der Waals surface area (Å²) in [5, 5.41) is 10.5. The SMILES string of the molecule is CC(=O)NCC1CCN(CCn2cnnc2)CC1. The lowest BCUT2D eigenvalue weighted by Crippen LogP contribution is -2.39. The molecule has 1 N–H and O–H groups in total. The highest BCUT2D eigenvalue weighted by molar-refractivity contribution is 5.72. The Balaban J connectivity index is 1.62. The van der Waals surface area contributed by atoms with Crippen molar-refractivity contribution in [1.29, 1.82) is 0 Å². The summed E-state index contributed by atoms with van der Waals surface area (Å²) in [4.78, 5) is 13.3. The molecule has 1 aromatic rings. The van der Waals surface area contributed by atoms with E-state index in [1.54, 1.807) is 19.6 Å². The summed E-state index contributed by atoms with van der Waals surface area (Å²) in [6.45, 7) is 6.63. The number of carbonyl (C=O) groups excluding carboxylic acids is 1. The van der Waals surface area contributed by atoms with Gasteiger partial charge in [-0.1, -0.05) is 0 Å². The van der Waals surface area contributed by atoms with Crippen LogP contribution in [0.2, 0.25) is 0 Å². The maximum absolute atomic E-state index is 10.8. The minimum Gasteiger partial charge on any atom is -0.356 e. The molecule has 0 aromatic carbocycles. The van der Waals surface area contributed by atoms with Gasteiger partial charge < -0.3 is 14.8 Å². The van der Waals surface area contributed by atoms with Crippen molar-refractivity contribution in [2.24, 2.45) is 5.92 Å². The molecule has 18 heavy (non-hydrogen) atoms. The molecule has 1 saturated heterocycles. The highest BCUT2D eigenvalue weighted by atomic mass is 16.1. The summed E-state index contributed by atoms with van der Waals surface area (Å²) in [5.41, 5.74) is 0. The Bertz CT molecular complexity index is 357. The molecule has 6 nitrogen and oxygen atoms in total. The van der Waals surface area contributed by atoms with Gasteiger partial charge in [-0.25, -0.2) is 0 Å². The van der Waals surface area contributed by atoms with E-state index in [4.69, 9.17) is 0 Å². The molecule has 2 heterocycles. The van der Waals surface area contributed by atoms with Gasteiger partial charge in [0.1, 0.15) is 12.7 Å². The van der Waals surface area contributed by atoms with Gasteiger partial charge in [0, 0.05) is 26.6 Å². The zero-order valence-electron chi connectivity index (χ0n) is 10.9. The van der Waals surface area contributed by atoms with Crippen molar-refractivity contribution in [1.82, 2.24) is 25.0 Å². The number of hydrogen-bond donors (Lipinski definition) is 1. The van der Waals surface area contributed by atoms with Crippen LogP contribution in [-0.4, -0.2) is 51.8 Å². The van der Waals surface area contributed by atoms with E-state index in [0.717, 1.165) is 32.7 Å². The van der Waals surface area contributed by atoms with Crippen LogP contribution in [-0.2, 0) is 11.3 Å². The minimum atomic E-state index is 0.0741. The second-order valence-corrected chi connectivity index (χ2v) is 4.92. The zero-order chi connectivity index (χ0) is 12.8. The second kappa shape index (κ2) is 6.49. The Morgan fingerprint density at radius 1 is 1.28 bits per heavy atom. The third kappa shape index (κ3) is 4.10. The first-order valence-corrected chi connectivity index (χ1v) is 6.53. The molecule has 1 aromatic heterocycles. The molecular weight excluding hydrogens is 230 g/mol. The first-order valence-electron chi connectivity index (χ1n) is 6.53. The van der Waals surface area contributed by atoms with Crippen molar-refractivity contribution in [3.8, 4) is 0 Å². The lowest BCUT2D eigenvalue weighted by molar-refractivity contribution is -0.119. The molecule has 0 saturated carbocycles. The van der Waals surface area contributed by atoms with Crippen molar-refractivity contribution in [3.63, 3.8) is 0 Å². The van der Waals surface area contributed by atoms with E-state index < -0.39 is 0 Å². The molecule has 0 spiro atoms. The number of amides is 1. The Labute approximate surface area is 107 Å². The van der Waals surface area contributed by atoms with E-state index in [0.29, 0.717) is 5.92 Å². The predicted molar refractivity (Wildman–Crippen MR) is 67.9 cm³/mol. The maximum Gasteiger partial charge on any atom is 0.216 e. The topological polar surface area (TPSA) is 63.1 Å². The minimum absolute atomic E-state index is 0.0741. The number of nitrogens with zero attached hydrogens (tertiary/aromatic N) is 4. The fourth-order valence-corrected chi connectivity index (χ4v) is 2.30. The van der Waals surface area contributed by atoms with Gasteiger partial charge >= 0.3 is 0 Å². The third-order valence-corrected chi connectivity index (χ3v) is 3.49. The highest BCUT2D eigenvalue weighted by Gasteiger charge is 2.18. The van der Waals surface area contributed by atoms with E-state index in [-0.39, 0.29) is 5.91 Å². The van der Waals surface area contributed by atoms with Gasteiger partial charge in [-0.15, -0.1) is 10.2 Å². The van der Waals surface area contributed by atoms with Gasteiger partial charge in [0.25, 0.3) is 0 Å². The number of hydrogen-bond acceptors (Lipinski definition) is 4. The third-order valence-electron chi connectivity index (χ3n) is 3.49. The average Bonchev–Trinajstić information content (AvgIpc) is 2.88. The molecule has 0 unspecified atom stereocenters. The van der Waals surface area contributed by atoms with E-state index in [1.165, 1.54) is 12.8 Å². The van der Waals surface area contributed by atoms with E-state index >= 15 is 0 Å². The lowest BCUT2D eigenvalue weighted by atomic mass is 9.97. The summed E-state index contributed by atoms with van der Waals surface area (Å²) < 4.78 is 2.00. The van der Waals surface area contributed by atoms with Gasteiger partial charge in [-0.2, -0.15) is 0 Å². The van der Waals surface area contributed by atoms with E-state index in [1.807, 2.05) is 4.57 Å². The van der Waals surface area contributed by atoms with Crippen molar-refractivity contribution in [2.75, 3.05) is 26.2 Å². The predicted octanol–water partition coefficient (Wildman–Crippen LogP) is 0.126. The second-order valence-electron chi connectivity index (χ2n) is 4.92. The molecule has 0 radical (unpaired) electrons. The molecule has 1 fully saturated rings. The number of likely N-dealkylation sites (tertiary alicyclic amines) is 1. The van der Waals surface area contributed by atoms with Gasteiger partial charge in [0.2, 0.25) is 5.91 Å². The molecule has 0 bridgehead atoms. The van der Waals surface area contributed by atoms with Crippen LogP contribution in [0, 0.1) is 5.92 Å². The van der Waals surface area contributed by atoms with E-state index in [9.17, 15) is 4.79 Å². The highest BCUT2D eigenvalue weighted by Crippen LogP contribution is 2.16. The average molecular weight is 251 g/mol. The molecule has 100 valence electrons. The van der Waals surface area contributed by atoms with Crippen molar-refractivity contribution < 1.29 is 4.79 Å². The number of piperidine rings is 1. The normalized spacial score (nSPS) is 17.8. The molecule has 6 heteroatoms. The summed E-state index contributed by atoms with van der Waals surface area (Å²) in [6.07, 6.45) is 5.85. The van der Waals surface area contributed by atoms with Crippen LogP contribution < -0.4 is 5.32 Å². The molecule has 1 aliphatic rings. The first kappa shape index (κ1) is 13.0. The summed E-state index contributed by atoms with van der Waals surface area (Å²) in [5.74, 6) is 0.713. The van der Waals surface area contributed by atoms with Crippen LogP contribution in [0.4, 0.5) is 0 Å². The van der Waals surface area contributed by atoms with Crippen LogP contribution in [0.1, 0.15) is 19.8 Å². The number of nitrogens with one attached hydrogen (secondary N) is 1. The Morgan fingerprint density at radius 3 is 2.56 bits per heavy atom. The molecule has 1 aliphatic heterocycles. The molecule has 1 amide bonds. The largest absolute Gasteiger partial charge is 0.356 e. The maximum atomic E-state index is 10.8. The standard InChI is InChI=1S/C12H21N5O/c1-11(18)13-8-12-2-4-16(5-3-12)6-7-17-9-14-15-10-17/h9-10,12H,2-8H2,1H3,(H,13,18). The smallest absolute Gasteiger partial charge is 0.216 e. The van der Waals surface area contributed by atoms with Crippen LogP contribution >= 0.6 is 0 Å². The Morgan fingerprint density at radius 2 is 1.94 bits per heavy atom. The van der Waals surface area contributed by atoms with Gasteiger partial charge in [0.05, 0.1) is 0 Å². The van der Waals surface area contributed by atoms with Crippen molar-refractivity contribution >= 4 is 5.91 Å². The Hall–Kier alpha value is -1.43. The van der Waals surface area contributed by atoms with Crippen LogP contribution in [0.25, 0.3) is 0 Å². The monoisotopic (exact) mass is 251 g/mol. The fraction of sp³-hybridized carbons (Fsp3) is 0.750. The summed E-state index contributed by atoms with van der Waals surface area (Å²) >= 11 is 0. The van der Waals surface area contributed by atoms with Crippen molar-refractivity contribution in [2.45, 2.75) is 26.3 Å². The first-order chi connectivity index (χ1) is 8.74. The number of rotatable bonds is 5. The van der Waals surface area contributed by atoms with Crippen molar-refractivity contribution in [3.05, 3.63) is 12.7 Å². The fourth-order valence-electron chi connectivity index (χ4n) is 2.30. The molecule has 2 rings (SSSR count). The number of aromatic nitrogens is 3.